The summed E-state index contributed by atoms with van der Waals surface area (Å²) < 4.78 is 22.7. The number of hydrogen-bond acceptors (Lipinski definition) is 4. The molecule has 1 aliphatic rings. The highest BCUT2D eigenvalue weighted by Gasteiger charge is 2.40. The van der Waals surface area contributed by atoms with E-state index in [1.54, 1.807) is 6.20 Å². The molecule has 1 aromatic heterocycles. The van der Waals surface area contributed by atoms with Gasteiger partial charge in [0.2, 0.25) is 0 Å². The Kier molecular flexibility index (Phi) is 3.23. The van der Waals surface area contributed by atoms with Crippen LogP contribution in [0.1, 0.15) is 24.6 Å². The van der Waals surface area contributed by atoms with Gasteiger partial charge in [-0.25, -0.2) is 8.42 Å². The van der Waals surface area contributed by atoms with Gasteiger partial charge in [0, 0.05) is 18.3 Å². The van der Waals surface area contributed by atoms with Crippen LogP contribution in [0, 0.1) is 0 Å². The maximum absolute atomic E-state index is 11.4. The summed E-state index contributed by atoms with van der Waals surface area (Å²) in [5.74, 6) is -0.0618. The predicted molar refractivity (Wildman–Crippen MR) is 65.5 cm³/mol. The standard InChI is InChI=1S/C12H17NO3S/c1-2-10-3-4-11(13-8-10)7-12(14)5-6-17(15,16)9-12/h3-4,8,14H,2,5-7,9H2,1H3. The van der Waals surface area contributed by atoms with Crippen molar-refractivity contribution >= 4 is 9.84 Å². The predicted octanol–water partition coefficient (Wildman–Crippen LogP) is 0.736. The van der Waals surface area contributed by atoms with Crippen molar-refractivity contribution in [1.29, 1.82) is 0 Å². The third-order valence-electron chi connectivity index (χ3n) is 3.17. The first-order valence-corrected chi connectivity index (χ1v) is 7.61. The van der Waals surface area contributed by atoms with Gasteiger partial charge in [0.15, 0.2) is 9.84 Å². The van der Waals surface area contributed by atoms with Crippen LogP contribution in [0.5, 0.6) is 0 Å². The molecule has 1 atom stereocenters. The van der Waals surface area contributed by atoms with Crippen LogP contribution in [-0.2, 0) is 22.7 Å². The maximum atomic E-state index is 11.4. The number of nitrogens with zero attached hydrogens (tertiary/aromatic N) is 1. The van der Waals surface area contributed by atoms with Crippen molar-refractivity contribution in [3.8, 4) is 0 Å². The van der Waals surface area contributed by atoms with E-state index in [1.807, 2.05) is 19.1 Å². The molecule has 0 aromatic carbocycles. The van der Waals surface area contributed by atoms with Crippen LogP contribution >= 0.6 is 0 Å². The molecule has 0 bridgehead atoms. The van der Waals surface area contributed by atoms with Crippen LogP contribution < -0.4 is 0 Å². The second kappa shape index (κ2) is 4.38. The Balaban J connectivity index is 2.10. The highest BCUT2D eigenvalue weighted by Crippen LogP contribution is 2.26. The Morgan fingerprint density at radius 1 is 1.47 bits per heavy atom. The van der Waals surface area contributed by atoms with Crippen LogP contribution in [0.2, 0.25) is 0 Å². The summed E-state index contributed by atoms with van der Waals surface area (Å²) in [6, 6.07) is 3.83. The lowest BCUT2D eigenvalue weighted by Gasteiger charge is -2.19. The fraction of sp³-hybridized carbons (Fsp3) is 0.583. The molecule has 17 heavy (non-hydrogen) atoms. The number of hydrogen-bond donors (Lipinski definition) is 1. The molecule has 0 amide bonds. The van der Waals surface area contributed by atoms with Crippen molar-refractivity contribution < 1.29 is 13.5 Å². The Morgan fingerprint density at radius 2 is 2.24 bits per heavy atom. The minimum absolute atomic E-state index is 0.0799. The van der Waals surface area contributed by atoms with E-state index in [1.165, 1.54) is 0 Å². The van der Waals surface area contributed by atoms with E-state index in [-0.39, 0.29) is 11.5 Å². The van der Waals surface area contributed by atoms with Crippen molar-refractivity contribution in [3.05, 3.63) is 29.6 Å². The first-order valence-electron chi connectivity index (χ1n) is 5.79. The molecular weight excluding hydrogens is 238 g/mol. The Morgan fingerprint density at radius 3 is 2.71 bits per heavy atom. The molecule has 1 aliphatic heterocycles. The molecule has 1 saturated heterocycles. The zero-order valence-corrected chi connectivity index (χ0v) is 10.7. The maximum Gasteiger partial charge on any atom is 0.153 e. The van der Waals surface area contributed by atoms with Crippen LogP contribution in [0.15, 0.2) is 18.3 Å². The smallest absolute Gasteiger partial charge is 0.153 e. The van der Waals surface area contributed by atoms with Crippen molar-refractivity contribution in [2.75, 3.05) is 11.5 Å². The highest BCUT2D eigenvalue weighted by molar-refractivity contribution is 7.91. The molecule has 94 valence electrons. The molecule has 4 nitrogen and oxygen atoms in total. The lowest BCUT2D eigenvalue weighted by molar-refractivity contribution is 0.0672. The summed E-state index contributed by atoms with van der Waals surface area (Å²) in [6.07, 6.45) is 3.33. The topological polar surface area (TPSA) is 67.3 Å². The van der Waals surface area contributed by atoms with Gasteiger partial charge in [-0.2, -0.15) is 0 Å². The summed E-state index contributed by atoms with van der Waals surface area (Å²) in [5.41, 5.74) is 0.765. The Bertz CT molecular complexity index is 495. The lowest BCUT2D eigenvalue weighted by atomic mass is 9.97. The normalized spacial score (nSPS) is 27.2. The fourth-order valence-electron chi connectivity index (χ4n) is 2.14. The second-order valence-corrected chi connectivity index (χ2v) is 6.94. The third kappa shape index (κ3) is 3.04. The van der Waals surface area contributed by atoms with Gasteiger partial charge in [0.1, 0.15) is 0 Å². The van der Waals surface area contributed by atoms with Crippen LogP contribution in [0.4, 0.5) is 0 Å². The molecule has 1 unspecified atom stereocenters. The van der Waals surface area contributed by atoms with Crippen molar-refractivity contribution in [3.63, 3.8) is 0 Å². The molecule has 2 rings (SSSR count). The minimum atomic E-state index is -3.06. The first kappa shape index (κ1) is 12.5. The average molecular weight is 255 g/mol. The molecule has 1 fully saturated rings. The SMILES string of the molecule is CCc1ccc(CC2(O)CCS(=O)(=O)C2)nc1. The van der Waals surface area contributed by atoms with E-state index in [2.05, 4.69) is 4.98 Å². The number of aryl methyl sites for hydroxylation is 1. The van der Waals surface area contributed by atoms with Gasteiger partial charge in [-0.1, -0.05) is 13.0 Å². The van der Waals surface area contributed by atoms with Crippen LogP contribution in [-0.4, -0.2) is 35.6 Å². The van der Waals surface area contributed by atoms with Gasteiger partial charge in [-0.3, -0.25) is 4.98 Å². The molecule has 0 saturated carbocycles. The summed E-state index contributed by atoms with van der Waals surface area (Å²) in [6.45, 7) is 2.05. The van der Waals surface area contributed by atoms with E-state index in [0.717, 1.165) is 17.7 Å². The van der Waals surface area contributed by atoms with Gasteiger partial charge < -0.3 is 5.11 Å². The van der Waals surface area contributed by atoms with E-state index in [0.29, 0.717) is 12.8 Å². The Hall–Kier alpha value is -0.940. The molecule has 2 heterocycles. The first-order chi connectivity index (χ1) is 7.92. The fourth-order valence-corrected chi connectivity index (χ4v) is 4.04. The quantitative estimate of drug-likeness (QED) is 0.865. The van der Waals surface area contributed by atoms with Crippen LogP contribution in [0.25, 0.3) is 0 Å². The molecule has 5 heteroatoms. The minimum Gasteiger partial charge on any atom is -0.388 e. The number of sulfone groups is 1. The molecule has 0 radical (unpaired) electrons. The van der Waals surface area contributed by atoms with Gasteiger partial charge >= 0.3 is 0 Å². The molecule has 0 aliphatic carbocycles. The largest absolute Gasteiger partial charge is 0.388 e. The molecule has 1 N–H and O–H groups in total. The van der Waals surface area contributed by atoms with Crippen molar-refractivity contribution in [2.45, 2.75) is 31.8 Å². The number of aromatic nitrogens is 1. The summed E-state index contributed by atoms with van der Waals surface area (Å²) in [4.78, 5) is 4.25. The van der Waals surface area contributed by atoms with Crippen molar-refractivity contribution in [2.24, 2.45) is 0 Å². The number of aliphatic hydroxyl groups is 1. The zero-order chi connectivity index (χ0) is 12.5. The van der Waals surface area contributed by atoms with Gasteiger partial charge in [0.25, 0.3) is 0 Å². The third-order valence-corrected chi connectivity index (χ3v) is 4.97. The average Bonchev–Trinajstić information content (AvgIpc) is 2.54. The van der Waals surface area contributed by atoms with Crippen LogP contribution in [0.3, 0.4) is 0 Å². The van der Waals surface area contributed by atoms with E-state index in [4.69, 9.17) is 0 Å². The summed E-state index contributed by atoms with van der Waals surface area (Å²) in [7, 11) is -3.06. The van der Waals surface area contributed by atoms with Gasteiger partial charge in [0.05, 0.1) is 17.1 Å². The monoisotopic (exact) mass is 255 g/mol. The summed E-state index contributed by atoms with van der Waals surface area (Å²) >= 11 is 0. The van der Waals surface area contributed by atoms with E-state index >= 15 is 0 Å². The Labute approximate surface area is 102 Å². The van der Waals surface area contributed by atoms with E-state index < -0.39 is 15.4 Å². The summed E-state index contributed by atoms with van der Waals surface area (Å²) in [5, 5.41) is 10.2. The second-order valence-electron chi connectivity index (χ2n) is 4.75. The molecule has 0 spiro atoms. The molecular formula is C12H17NO3S. The van der Waals surface area contributed by atoms with Gasteiger partial charge in [-0.15, -0.1) is 0 Å². The van der Waals surface area contributed by atoms with Gasteiger partial charge in [-0.05, 0) is 24.5 Å². The number of pyridine rings is 1. The number of rotatable bonds is 3. The lowest BCUT2D eigenvalue weighted by Crippen LogP contribution is -2.33. The highest BCUT2D eigenvalue weighted by atomic mass is 32.2. The zero-order valence-electron chi connectivity index (χ0n) is 9.89. The molecule has 1 aromatic rings. The van der Waals surface area contributed by atoms with Crippen molar-refractivity contribution in [1.82, 2.24) is 4.98 Å². The van der Waals surface area contributed by atoms with E-state index in [9.17, 15) is 13.5 Å².